The van der Waals surface area contributed by atoms with Crippen molar-refractivity contribution in [3.8, 4) is 0 Å². The van der Waals surface area contributed by atoms with Crippen LogP contribution in [0, 0.1) is 0 Å². The molecular formula is C14H13F3N6O. The van der Waals surface area contributed by atoms with Crippen molar-refractivity contribution in [1.82, 2.24) is 29.9 Å². The van der Waals surface area contributed by atoms with Gasteiger partial charge in [-0.1, -0.05) is 5.16 Å². The minimum Gasteiger partial charge on any atom is -0.337 e. The third kappa shape index (κ3) is 3.12. The lowest BCUT2D eigenvalue weighted by atomic mass is 10.1. The quantitative estimate of drug-likeness (QED) is 0.727. The fourth-order valence-corrected chi connectivity index (χ4v) is 2.08. The molecule has 0 saturated heterocycles. The van der Waals surface area contributed by atoms with Gasteiger partial charge in [-0.05, 0) is 19.9 Å². The average molecular weight is 338 g/mol. The molecule has 0 fully saturated rings. The van der Waals surface area contributed by atoms with Crippen LogP contribution in [0.4, 0.5) is 13.2 Å². The van der Waals surface area contributed by atoms with Gasteiger partial charge in [-0.15, -0.1) is 0 Å². The molecule has 0 radical (unpaired) electrons. The van der Waals surface area contributed by atoms with Crippen molar-refractivity contribution in [2.75, 3.05) is 0 Å². The minimum absolute atomic E-state index is 0.164. The molecular weight excluding hydrogens is 325 g/mol. The molecule has 3 heterocycles. The Hall–Kier alpha value is -2.78. The molecule has 0 spiro atoms. The number of nitrogens with zero attached hydrogens (tertiary/aromatic N) is 6. The molecule has 0 aromatic carbocycles. The van der Waals surface area contributed by atoms with Gasteiger partial charge in [0.25, 0.3) is 5.89 Å². The van der Waals surface area contributed by atoms with Crippen molar-refractivity contribution in [2.24, 2.45) is 0 Å². The van der Waals surface area contributed by atoms with E-state index in [9.17, 15) is 13.2 Å². The largest absolute Gasteiger partial charge is 0.435 e. The maximum absolute atomic E-state index is 12.6. The zero-order valence-corrected chi connectivity index (χ0v) is 12.8. The van der Waals surface area contributed by atoms with E-state index in [0.29, 0.717) is 11.5 Å². The van der Waals surface area contributed by atoms with E-state index in [2.05, 4.69) is 25.2 Å². The molecule has 2 atom stereocenters. The van der Waals surface area contributed by atoms with Crippen LogP contribution in [0.1, 0.15) is 48.9 Å². The molecule has 126 valence electrons. The number of hydrogen-bond donors (Lipinski definition) is 0. The SMILES string of the molecule is CC(c1cnccn1)c1noc(C(C)n2ccc(C(F)(F)F)n2)n1. The maximum atomic E-state index is 12.6. The third-order valence-electron chi connectivity index (χ3n) is 3.52. The molecule has 24 heavy (non-hydrogen) atoms. The lowest BCUT2D eigenvalue weighted by Crippen LogP contribution is -2.12. The van der Waals surface area contributed by atoms with E-state index >= 15 is 0 Å². The predicted molar refractivity (Wildman–Crippen MR) is 74.9 cm³/mol. The van der Waals surface area contributed by atoms with Gasteiger partial charge in [0.1, 0.15) is 6.04 Å². The Morgan fingerprint density at radius 2 is 2.00 bits per heavy atom. The molecule has 3 aromatic heterocycles. The topological polar surface area (TPSA) is 82.5 Å². The number of aromatic nitrogens is 6. The van der Waals surface area contributed by atoms with Crippen molar-refractivity contribution >= 4 is 0 Å². The number of hydrogen-bond acceptors (Lipinski definition) is 6. The summed E-state index contributed by atoms with van der Waals surface area (Å²) in [6.45, 7) is 3.45. The first kappa shape index (κ1) is 16.1. The summed E-state index contributed by atoms with van der Waals surface area (Å²) in [5, 5.41) is 7.39. The van der Waals surface area contributed by atoms with Gasteiger partial charge in [0.2, 0.25) is 0 Å². The van der Waals surface area contributed by atoms with Crippen molar-refractivity contribution < 1.29 is 17.7 Å². The van der Waals surface area contributed by atoms with E-state index in [-0.39, 0.29) is 11.8 Å². The van der Waals surface area contributed by atoms with Crippen LogP contribution in [0.2, 0.25) is 0 Å². The molecule has 0 aliphatic heterocycles. The van der Waals surface area contributed by atoms with E-state index in [1.807, 2.05) is 6.92 Å². The highest BCUT2D eigenvalue weighted by atomic mass is 19.4. The molecule has 0 saturated carbocycles. The van der Waals surface area contributed by atoms with Gasteiger partial charge < -0.3 is 4.52 Å². The molecule has 0 amide bonds. The first-order valence-corrected chi connectivity index (χ1v) is 7.08. The van der Waals surface area contributed by atoms with E-state index in [0.717, 1.165) is 10.7 Å². The van der Waals surface area contributed by atoms with Gasteiger partial charge in [-0.25, -0.2) is 0 Å². The molecule has 3 aromatic rings. The van der Waals surface area contributed by atoms with Gasteiger partial charge in [-0.2, -0.15) is 23.3 Å². The van der Waals surface area contributed by atoms with Crippen molar-refractivity contribution in [3.63, 3.8) is 0 Å². The molecule has 0 N–H and O–H groups in total. The highest BCUT2D eigenvalue weighted by Gasteiger charge is 2.34. The van der Waals surface area contributed by atoms with Gasteiger partial charge in [-0.3, -0.25) is 14.6 Å². The fraction of sp³-hybridized carbons (Fsp3) is 0.357. The Bertz CT molecular complexity index is 813. The molecule has 7 nitrogen and oxygen atoms in total. The van der Waals surface area contributed by atoms with Crippen LogP contribution in [0.15, 0.2) is 35.4 Å². The van der Waals surface area contributed by atoms with Gasteiger partial charge in [0.05, 0.1) is 11.6 Å². The predicted octanol–water partition coefficient (Wildman–Crippen LogP) is 2.84. The molecule has 0 aliphatic carbocycles. The first-order valence-electron chi connectivity index (χ1n) is 7.08. The monoisotopic (exact) mass is 338 g/mol. The number of halogens is 3. The lowest BCUT2D eigenvalue weighted by molar-refractivity contribution is -0.141. The second-order valence-electron chi connectivity index (χ2n) is 5.20. The Balaban J connectivity index is 1.81. The van der Waals surface area contributed by atoms with E-state index in [4.69, 9.17) is 4.52 Å². The summed E-state index contributed by atoms with van der Waals surface area (Å²) < 4.78 is 44.2. The second-order valence-corrected chi connectivity index (χ2v) is 5.20. The van der Waals surface area contributed by atoms with Crippen LogP contribution in [-0.2, 0) is 6.18 Å². The number of alkyl halides is 3. The second kappa shape index (κ2) is 6.02. The Morgan fingerprint density at radius 3 is 2.62 bits per heavy atom. The summed E-state index contributed by atoms with van der Waals surface area (Å²) in [6, 6.07) is 0.270. The Kier molecular flexibility index (Phi) is 4.04. The van der Waals surface area contributed by atoms with E-state index in [1.165, 1.54) is 6.20 Å². The fourth-order valence-electron chi connectivity index (χ4n) is 2.08. The lowest BCUT2D eigenvalue weighted by Gasteiger charge is -2.07. The van der Waals surface area contributed by atoms with Crippen LogP contribution < -0.4 is 0 Å². The summed E-state index contributed by atoms with van der Waals surface area (Å²) in [5.41, 5.74) is -0.307. The van der Waals surface area contributed by atoms with Crippen molar-refractivity contribution in [2.45, 2.75) is 32.0 Å². The zero-order valence-electron chi connectivity index (χ0n) is 12.8. The smallest absolute Gasteiger partial charge is 0.337 e. The van der Waals surface area contributed by atoms with Crippen LogP contribution in [0.3, 0.4) is 0 Å². The Labute approximate surface area is 134 Å². The normalized spacial score (nSPS) is 14.5. The molecule has 0 bridgehead atoms. The molecule has 3 rings (SSSR count). The highest BCUT2D eigenvalue weighted by Crippen LogP contribution is 2.29. The Morgan fingerprint density at radius 1 is 1.21 bits per heavy atom. The summed E-state index contributed by atoms with van der Waals surface area (Å²) in [5.74, 6) is 0.282. The molecule has 2 unspecified atom stereocenters. The van der Waals surface area contributed by atoms with Crippen LogP contribution in [0.25, 0.3) is 0 Å². The summed E-state index contributed by atoms with van der Waals surface area (Å²) in [4.78, 5) is 12.4. The van der Waals surface area contributed by atoms with Crippen LogP contribution in [0.5, 0.6) is 0 Å². The maximum Gasteiger partial charge on any atom is 0.435 e. The van der Waals surface area contributed by atoms with Crippen LogP contribution >= 0.6 is 0 Å². The van der Waals surface area contributed by atoms with Gasteiger partial charge in [0, 0.05) is 24.8 Å². The van der Waals surface area contributed by atoms with Crippen molar-refractivity contribution in [3.05, 3.63) is 54.0 Å². The zero-order chi connectivity index (χ0) is 17.3. The van der Waals surface area contributed by atoms with E-state index < -0.39 is 17.9 Å². The van der Waals surface area contributed by atoms with E-state index in [1.54, 1.807) is 25.5 Å². The van der Waals surface area contributed by atoms with Crippen molar-refractivity contribution in [1.29, 1.82) is 0 Å². The third-order valence-corrected chi connectivity index (χ3v) is 3.52. The van der Waals surface area contributed by atoms with Gasteiger partial charge >= 0.3 is 6.18 Å². The van der Waals surface area contributed by atoms with Crippen LogP contribution in [-0.4, -0.2) is 29.9 Å². The minimum atomic E-state index is -4.49. The molecule has 10 heteroatoms. The standard InChI is InChI=1S/C14H13F3N6O/c1-8(10-7-18-4-5-19-10)12-20-13(24-22-12)9(2)23-6-3-11(21-23)14(15,16)17/h3-9H,1-2H3. The number of rotatable bonds is 4. The summed E-state index contributed by atoms with van der Waals surface area (Å²) >= 11 is 0. The summed E-state index contributed by atoms with van der Waals surface area (Å²) in [7, 11) is 0. The average Bonchev–Trinajstić information content (AvgIpc) is 3.23. The molecule has 0 aliphatic rings. The van der Waals surface area contributed by atoms with Gasteiger partial charge in [0.15, 0.2) is 11.5 Å². The highest BCUT2D eigenvalue weighted by molar-refractivity contribution is 5.13. The first-order chi connectivity index (χ1) is 11.4. The summed E-state index contributed by atoms with van der Waals surface area (Å²) in [6.07, 6.45) is 1.43.